The number of esters is 1. The molecule has 0 bridgehead atoms. The van der Waals surface area contributed by atoms with E-state index in [0.717, 1.165) is 75.8 Å². The van der Waals surface area contributed by atoms with E-state index in [2.05, 4.69) is 9.88 Å². The molecule has 5 nitrogen and oxygen atoms in total. The molecule has 1 aliphatic heterocycles. The predicted octanol–water partition coefficient (Wildman–Crippen LogP) is 5.35. The second-order valence-corrected chi connectivity index (χ2v) is 10.5. The number of aromatic nitrogens is 1. The van der Waals surface area contributed by atoms with E-state index in [4.69, 9.17) is 9.47 Å². The Balaban J connectivity index is 1.38. The van der Waals surface area contributed by atoms with Crippen LogP contribution in [0.2, 0.25) is 0 Å². The maximum atomic E-state index is 12.4. The Morgan fingerprint density at radius 3 is 2.39 bits per heavy atom. The quantitative estimate of drug-likeness (QED) is 0.503. The van der Waals surface area contributed by atoms with E-state index in [1.165, 1.54) is 6.07 Å². The molecule has 2 aliphatic rings. The first-order chi connectivity index (χ1) is 15.5. The molecule has 33 heavy (non-hydrogen) atoms. The summed E-state index contributed by atoms with van der Waals surface area (Å²) in [6.07, 6.45) is 3.36. The minimum absolute atomic E-state index is 0.0441. The highest BCUT2D eigenvalue weighted by molar-refractivity contribution is 5.70. The topological polar surface area (TPSA) is 51.7 Å². The minimum Gasteiger partial charge on any atom is -0.468 e. The highest BCUT2D eigenvalue weighted by Gasteiger charge is 2.29. The van der Waals surface area contributed by atoms with Gasteiger partial charge in [0, 0.05) is 37.7 Å². The first-order valence-electron chi connectivity index (χ1n) is 12.1. The molecule has 0 spiro atoms. The lowest BCUT2D eigenvalue weighted by atomic mass is 9.79. The molecule has 0 amide bonds. The lowest BCUT2D eigenvalue weighted by Crippen LogP contribution is -2.30. The van der Waals surface area contributed by atoms with Gasteiger partial charge in [0.05, 0.1) is 0 Å². The summed E-state index contributed by atoms with van der Waals surface area (Å²) >= 11 is 0. The van der Waals surface area contributed by atoms with Gasteiger partial charge in [0.2, 0.25) is 5.88 Å². The van der Waals surface area contributed by atoms with Gasteiger partial charge >= 0.3 is 12.1 Å². The van der Waals surface area contributed by atoms with Gasteiger partial charge in [0.15, 0.2) is 6.61 Å². The predicted molar refractivity (Wildman–Crippen MR) is 120 cm³/mol. The highest BCUT2D eigenvalue weighted by atomic mass is 19.4. The lowest BCUT2D eigenvalue weighted by Gasteiger charge is -2.30. The Morgan fingerprint density at radius 1 is 1.06 bits per heavy atom. The number of alkyl halides is 3. The van der Waals surface area contributed by atoms with E-state index in [-0.39, 0.29) is 11.8 Å². The number of nitrogens with zero attached hydrogens (tertiary/aromatic N) is 2. The monoisotopic (exact) mass is 470 g/mol. The molecule has 1 aromatic rings. The van der Waals surface area contributed by atoms with Gasteiger partial charge in [0.1, 0.15) is 5.60 Å². The SMILES string of the molecule is CC(C)(C)OC(=O)CC1CCC(CCN2CCc3ccc(OCC(F)(F)F)nc3CC2)CC1. The van der Waals surface area contributed by atoms with Crippen LogP contribution in [0.3, 0.4) is 0 Å². The molecule has 1 aromatic heterocycles. The molecule has 2 heterocycles. The maximum Gasteiger partial charge on any atom is 0.422 e. The van der Waals surface area contributed by atoms with Gasteiger partial charge in [0.25, 0.3) is 0 Å². The summed E-state index contributed by atoms with van der Waals surface area (Å²) in [6, 6.07) is 3.39. The second kappa shape index (κ2) is 11.1. The molecule has 1 saturated carbocycles. The smallest absolute Gasteiger partial charge is 0.422 e. The highest BCUT2D eigenvalue weighted by Crippen LogP contribution is 2.33. The van der Waals surface area contributed by atoms with Crippen LogP contribution in [0.25, 0.3) is 0 Å². The Bertz CT molecular complexity index is 784. The molecule has 3 rings (SSSR count). The van der Waals surface area contributed by atoms with Crippen molar-refractivity contribution in [2.24, 2.45) is 11.8 Å². The summed E-state index contributed by atoms with van der Waals surface area (Å²) in [5, 5.41) is 0. The molecule has 186 valence electrons. The normalized spacial score (nSPS) is 22.4. The van der Waals surface area contributed by atoms with Crippen LogP contribution in [0, 0.1) is 11.8 Å². The standard InChI is InChI=1S/C25H37F3N2O3/c1-24(2,3)33-23(31)16-19-6-4-18(5-7-19)10-13-30-14-11-20-8-9-22(29-21(20)12-15-30)32-17-25(26,27)28/h8-9,18-19H,4-7,10-17H2,1-3H3. The van der Waals surface area contributed by atoms with E-state index < -0.39 is 18.4 Å². The van der Waals surface area contributed by atoms with Crippen molar-refractivity contribution in [3.05, 3.63) is 23.4 Å². The number of ether oxygens (including phenoxy) is 2. The van der Waals surface area contributed by atoms with Crippen LogP contribution in [-0.4, -0.2) is 53.9 Å². The molecule has 0 atom stereocenters. The van der Waals surface area contributed by atoms with Crippen molar-refractivity contribution in [3.8, 4) is 5.88 Å². The lowest BCUT2D eigenvalue weighted by molar-refractivity contribution is -0.156. The Morgan fingerprint density at radius 2 is 1.73 bits per heavy atom. The fourth-order valence-corrected chi connectivity index (χ4v) is 4.78. The third-order valence-electron chi connectivity index (χ3n) is 6.48. The molecule has 0 N–H and O–H groups in total. The van der Waals surface area contributed by atoms with E-state index in [9.17, 15) is 18.0 Å². The number of rotatable bonds is 7. The Kier molecular flexibility index (Phi) is 8.65. The molecule has 0 aromatic carbocycles. The van der Waals surface area contributed by atoms with Crippen molar-refractivity contribution in [1.29, 1.82) is 0 Å². The first kappa shape index (κ1) is 25.8. The largest absolute Gasteiger partial charge is 0.468 e. The number of carbonyl (C=O) groups is 1. The van der Waals surface area contributed by atoms with E-state index in [0.29, 0.717) is 18.3 Å². The van der Waals surface area contributed by atoms with Crippen molar-refractivity contribution in [2.75, 3.05) is 26.2 Å². The maximum absolute atomic E-state index is 12.4. The molecule has 0 saturated heterocycles. The third kappa shape index (κ3) is 9.14. The molecule has 1 aliphatic carbocycles. The summed E-state index contributed by atoms with van der Waals surface area (Å²) in [6.45, 7) is 7.21. The summed E-state index contributed by atoms with van der Waals surface area (Å²) in [4.78, 5) is 18.8. The van der Waals surface area contributed by atoms with Gasteiger partial charge in [-0.25, -0.2) is 4.98 Å². The Hall–Kier alpha value is -1.83. The number of pyridine rings is 1. The van der Waals surface area contributed by atoms with Gasteiger partial charge in [-0.05, 0) is 70.4 Å². The molecule has 0 unspecified atom stereocenters. The van der Waals surface area contributed by atoms with Crippen molar-refractivity contribution in [3.63, 3.8) is 0 Å². The fourth-order valence-electron chi connectivity index (χ4n) is 4.78. The zero-order valence-electron chi connectivity index (χ0n) is 20.0. The molecular weight excluding hydrogens is 433 g/mol. The van der Waals surface area contributed by atoms with E-state index in [1.54, 1.807) is 0 Å². The van der Waals surface area contributed by atoms with E-state index >= 15 is 0 Å². The van der Waals surface area contributed by atoms with Crippen molar-refractivity contribution in [1.82, 2.24) is 9.88 Å². The van der Waals surface area contributed by atoms with Gasteiger partial charge < -0.3 is 14.4 Å². The number of fused-ring (bicyclic) bond motifs is 1. The van der Waals surface area contributed by atoms with E-state index in [1.807, 2.05) is 26.8 Å². The van der Waals surface area contributed by atoms with Crippen LogP contribution in [0.4, 0.5) is 13.2 Å². The van der Waals surface area contributed by atoms with Crippen molar-refractivity contribution < 1.29 is 27.4 Å². The number of hydrogen-bond donors (Lipinski definition) is 0. The third-order valence-corrected chi connectivity index (χ3v) is 6.48. The van der Waals surface area contributed by atoms with Crippen molar-refractivity contribution >= 4 is 5.97 Å². The van der Waals surface area contributed by atoms with Crippen LogP contribution >= 0.6 is 0 Å². The summed E-state index contributed by atoms with van der Waals surface area (Å²) in [7, 11) is 0. The van der Waals surface area contributed by atoms with Crippen molar-refractivity contribution in [2.45, 2.75) is 83.9 Å². The first-order valence-corrected chi connectivity index (χ1v) is 12.1. The van der Waals surface area contributed by atoms with Crippen LogP contribution in [0.1, 0.15) is 70.6 Å². The van der Waals surface area contributed by atoms with Gasteiger partial charge in [-0.15, -0.1) is 0 Å². The summed E-state index contributed by atoms with van der Waals surface area (Å²) in [5.41, 5.74) is 1.52. The minimum atomic E-state index is -4.36. The zero-order valence-corrected chi connectivity index (χ0v) is 20.0. The Labute approximate surface area is 195 Å². The number of carbonyl (C=O) groups excluding carboxylic acids is 1. The summed E-state index contributed by atoms with van der Waals surface area (Å²) in [5.74, 6) is 1.08. The fraction of sp³-hybridized carbons (Fsp3) is 0.760. The number of hydrogen-bond acceptors (Lipinski definition) is 5. The number of halogens is 3. The van der Waals surface area contributed by atoms with Crippen LogP contribution in [-0.2, 0) is 22.4 Å². The average Bonchev–Trinajstić information content (AvgIpc) is 2.92. The average molecular weight is 471 g/mol. The van der Waals surface area contributed by atoms with Crippen LogP contribution < -0.4 is 4.74 Å². The molecule has 8 heteroatoms. The zero-order chi connectivity index (χ0) is 24.1. The summed E-state index contributed by atoms with van der Waals surface area (Å²) < 4.78 is 47.4. The van der Waals surface area contributed by atoms with Crippen LogP contribution in [0.15, 0.2) is 12.1 Å². The molecule has 0 radical (unpaired) electrons. The van der Waals surface area contributed by atoms with Gasteiger partial charge in [-0.2, -0.15) is 13.2 Å². The molecular formula is C25H37F3N2O3. The van der Waals surface area contributed by atoms with Gasteiger partial charge in [-0.3, -0.25) is 4.79 Å². The molecule has 1 fully saturated rings. The van der Waals surface area contributed by atoms with Crippen LogP contribution in [0.5, 0.6) is 5.88 Å². The second-order valence-electron chi connectivity index (χ2n) is 10.5. The van der Waals surface area contributed by atoms with Gasteiger partial charge in [-0.1, -0.05) is 18.9 Å².